The van der Waals surface area contributed by atoms with Crippen LogP contribution in [0.2, 0.25) is 5.02 Å². The third-order valence-electron chi connectivity index (χ3n) is 3.25. The molecule has 1 aromatic heterocycles. The minimum absolute atomic E-state index is 0.115. The number of hydrogen-bond donors (Lipinski definition) is 3. The first kappa shape index (κ1) is 19.7. The Kier molecular flexibility index (Phi) is 6.23. The van der Waals surface area contributed by atoms with Crippen LogP contribution in [0.25, 0.3) is 0 Å². The second kappa shape index (κ2) is 8.20. The Labute approximate surface area is 159 Å². The minimum Gasteiger partial charge on any atom is -0.459 e. The lowest BCUT2D eigenvalue weighted by Gasteiger charge is -2.11. The molecular formula is C17H18ClN3O4S. The van der Waals surface area contributed by atoms with Crippen molar-refractivity contribution in [1.82, 2.24) is 0 Å². The molecule has 1 aromatic carbocycles. The van der Waals surface area contributed by atoms with Gasteiger partial charge in [-0.3, -0.25) is 10.1 Å². The maximum Gasteiger partial charge on any atom is 0.341 e. The fraction of sp³-hybridized carbons (Fsp3) is 0.235. The van der Waals surface area contributed by atoms with Gasteiger partial charge in [-0.15, -0.1) is 11.3 Å². The maximum absolute atomic E-state index is 12.4. The summed E-state index contributed by atoms with van der Waals surface area (Å²) >= 11 is 6.73. The van der Waals surface area contributed by atoms with Gasteiger partial charge in [-0.05, 0) is 50.6 Å². The molecule has 7 nitrogen and oxygen atoms in total. The van der Waals surface area contributed by atoms with Crippen LogP contribution in [0.3, 0.4) is 0 Å². The normalized spacial score (nSPS) is 10.5. The lowest BCUT2D eigenvalue weighted by Crippen LogP contribution is -2.21. The summed E-state index contributed by atoms with van der Waals surface area (Å²) in [5, 5.41) is 5.91. The van der Waals surface area contributed by atoms with Crippen molar-refractivity contribution in [3.63, 3.8) is 0 Å². The molecule has 4 N–H and O–H groups in total. The fourth-order valence-electron chi connectivity index (χ4n) is 2.15. The molecule has 0 aliphatic heterocycles. The first-order chi connectivity index (χ1) is 12.2. The molecular weight excluding hydrogens is 378 g/mol. The average molecular weight is 396 g/mol. The number of rotatable bonds is 5. The fourth-order valence-corrected chi connectivity index (χ4v) is 3.32. The van der Waals surface area contributed by atoms with Crippen LogP contribution in [0.15, 0.2) is 24.3 Å². The first-order valence-electron chi connectivity index (χ1n) is 7.66. The van der Waals surface area contributed by atoms with E-state index in [0.717, 1.165) is 11.3 Å². The molecule has 0 spiro atoms. The molecule has 3 amide bonds. The van der Waals surface area contributed by atoms with Crippen LogP contribution >= 0.6 is 22.9 Å². The van der Waals surface area contributed by atoms with Crippen molar-refractivity contribution in [3.8, 4) is 0 Å². The highest BCUT2D eigenvalue weighted by Gasteiger charge is 2.26. The number of urea groups is 1. The third kappa shape index (κ3) is 4.74. The second-order valence-electron chi connectivity index (χ2n) is 5.66. The van der Waals surface area contributed by atoms with Gasteiger partial charge < -0.3 is 15.8 Å². The number of benzene rings is 1. The number of anilines is 2. The van der Waals surface area contributed by atoms with Gasteiger partial charge >= 0.3 is 12.0 Å². The zero-order valence-electron chi connectivity index (χ0n) is 14.4. The van der Waals surface area contributed by atoms with Crippen LogP contribution in [-0.2, 0) is 4.74 Å². The Hall–Kier alpha value is -2.58. The molecule has 0 unspecified atom stereocenters. The molecule has 0 atom stereocenters. The van der Waals surface area contributed by atoms with Gasteiger partial charge in [0.1, 0.15) is 5.00 Å². The number of hydrogen-bond acceptors (Lipinski definition) is 5. The van der Waals surface area contributed by atoms with Crippen LogP contribution in [0.5, 0.6) is 0 Å². The SMILES string of the molecule is Cc1c(C(N)=O)sc(NC(=O)Nc2ccc(Cl)cc2)c1C(=O)OC(C)C. The Morgan fingerprint density at radius 3 is 2.31 bits per heavy atom. The van der Waals surface area contributed by atoms with E-state index in [1.54, 1.807) is 45.0 Å². The van der Waals surface area contributed by atoms with Gasteiger partial charge in [-0.1, -0.05) is 11.6 Å². The second-order valence-corrected chi connectivity index (χ2v) is 7.12. The zero-order chi connectivity index (χ0) is 19.4. The summed E-state index contributed by atoms with van der Waals surface area (Å²) in [6, 6.07) is 5.93. The molecule has 0 saturated carbocycles. The van der Waals surface area contributed by atoms with Crippen LogP contribution in [0.1, 0.15) is 39.4 Å². The summed E-state index contributed by atoms with van der Waals surface area (Å²) in [4.78, 5) is 36.4. The van der Waals surface area contributed by atoms with Gasteiger partial charge in [0.15, 0.2) is 0 Å². The lowest BCUT2D eigenvalue weighted by molar-refractivity contribution is 0.0379. The summed E-state index contributed by atoms with van der Waals surface area (Å²) in [5.74, 6) is -1.32. The van der Waals surface area contributed by atoms with E-state index in [2.05, 4.69) is 10.6 Å². The molecule has 0 fully saturated rings. The number of amides is 3. The number of ether oxygens (including phenoxy) is 1. The molecule has 26 heavy (non-hydrogen) atoms. The topological polar surface area (TPSA) is 111 Å². The van der Waals surface area contributed by atoms with Crippen molar-refractivity contribution in [1.29, 1.82) is 0 Å². The highest BCUT2D eigenvalue weighted by Crippen LogP contribution is 2.33. The van der Waals surface area contributed by atoms with Crippen molar-refractivity contribution in [2.75, 3.05) is 10.6 Å². The van der Waals surface area contributed by atoms with Crippen LogP contribution in [0.4, 0.5) is 15.5 Å². The Balaban J connectivity index is 2.27. The standard InChI is InChI=1S/C17H18ClN3O4S/c1-8(2)25-16(23)12-9(3)13(14(19)22)26-15(12)21-17(24)20-11-6-4-10(18)5-7-11/h4-8H,1-3H3,(H2,19,22)(H2,20,21,24). The van der Waals surface area contributed by atoms with Crippen molar-refractivity contribution in [3.05, 3.63) is 45.3 Å². The van der Waals surface area contributed by atoms with E-state index in [-0.39, 0.29) is 21.5 Å². The molecule has 138 valence electrons. The summed E-state index contributed by atoms with van der Waals surface area (Å²) in [6.45, 7) is 4.99. The predicted octanol–water partition coefficient (Wildman–Crippen LogP) is 4.02. The monoisotopic (exact) mass is 395 g/mol. The van der Waals surface area contributed by atoms with Gasteiger partial charge in [0.25, 0.3) is 5.91 Å². The molecule has 0 bridgehead atoms. The average Bonchev–Trinajstić information content (AvgIpc) is 2.85. The molecule has 9 heteroatoms. The molecule has 1 heterocycles. The zero-order valence-corrected chi connectivity index (χ0v) is 16.0. The third-order valence-corrected chi connectivity index (χ3v) is 4.72. The van der Waals surface area contributed by atoms with Gasteiger partial charge in [0.05, 0.1) is 16.5 Å². The summed E-state index contributed by atoms with van der Waals surface area (Å²) in [7, 11) is 0. The molecule has 0 saturated heterocycles. The van der Waals surface area contributed by atoms with E-state index in [1.165, 1.54) is 0 Å². The highest BCUT2D eigenvalue weighted by molar-refractivity contribution is 7.18. The number of halogens is 1. The van der Waals surface area contributed by atoms with Crippen molar-refractivity contribution in [2.45, 2.75) is 26.9 Å². The van der Waals surface area contributed by atoms with Gasteiger partial charge in [-0.25, -0.2) is 9.59 Å². The van der Waals surface area contributed by atoms with E-state index in [1.807, 2.05) is 0 Å². The Morgan fingerprint density at radius 1 is 1.15 bits per heavy atom. The van der Waals surface area contributed by atoms with E-state index in [4.69, 9.17) is 22.1 Å². The lowest BCUT2D eigenvalue weighted by atomic mass is 10.1. The molecule has 0 radical (unpaired) electrons. The quantitative estimate of drug-likeness (QED) is 0.664. The van der Waals surface area contributed by atoms with E-state index >= 15 is 0 Å². The Bertz CT molecular complexity index is 846. The molecule has 0 aliphatic rings. The van der Waals surface area contributed by atoms with Gasteiger partial charge in [-0.2, -0.15) is 0 Å². The minimum atomic E-state index is -0.683. The molecule has 0 aliphatic carbocycles. The van der Waals surface area contributed by atoms with Crippen LogP contribution in [0, 0.1) is 6.92 Å². The largest absolute Gasteiger partial charge is 0.459 e. The Morgan fingerprint density at radius 2 is 1.77 bits per heavy atom. The number of nitrogens with two attached hydrogens (primary N) is 1. The highest BCUT2D eigenvalue weighted by atomic mass is 35.5. The molecule has 2 rings (SSSR count). The number of carbonyl (C=O) groups excluding carboxylic acids is 3. The molecule has 2 aromatic rings. The predicted molar refractivity (Wildman–Crippen MR) is 102 cm³/mol. The van der Waals surface area contributed by atoms with Gasteiger partial charge in [0.2, 0.25) is 0 Å². The van der Waals surface area contributed by atoms with E-state index < -0.39 is 17.9 Å². The number of esters is 1. The summed E-state index contributed by atoms with van der Waals surface area (Å²) in [6.07, 6.45) is -0.352. The van der Waals surface area contributed by atoms with Crippen molar-refractivity contribution in [2.24, 2.45) is 5.73 Å². The number of nitrogens with one attached hydrogen (secondary N) is 2. The maximum atomic E-state index is 12.4. The van der Waals surface area contributed by atoms with Gasteiger partial charge in [0, 0.05) is 10.7 Å². The van der Waals surface area contributed by atoms with Crippen molar-refractivity contribution < 1.29 is 19.1 Å². The summed E-state index contributed by atoms with van der Waals surface area (Å²) in [5.41, 5.74) is 6.35. The number of primary amides is 1. The van der Waals surface area contributed by atoms with Crippen LogP contribution < -0.4 is 16.4 Å². The van der Waals surface area contributed by atoms with Crippen LogP contribution in [-0.4, -0.2) is 24.0 Å². The smallest absolute Gasteiger partial charge is 0.341 e. The first-order valence-corrected chi connectivity index (χ1v) is 8.86. The number of thiophene rings is 1. The van der Waals surface area contributed by atoms with E-state index in [9.17, 15) is 14.4 Å². The number of carbonyl (C=O) groups is 3. The van der Waals surface area contributed by atoms with E-state index in [0.29, 0.717) is 16.3 Å². The van der Waals surface area contributed by atoms with Crippen molar-refractivity contribution >= 4 is 51.5 Å². The summed E-state index contributed by atoms with van der Waals surface area (Å²) < 4.78 is 5.19.